The molecule has 11 rings (SSSR count). The van der Waals surface area contributed by atoms with Gasteiger partial charge in [0.1, 0.15) is 0 Å². The third-order valence-corrected chi connectivity index (χ3v) is 11.8. The summed E-state index contributed by atoms with van der Waals surface area (Å²) >= 11 is 0. The zero-order valence-corrected chi connectivity index (χ0v) is 23.9. The zero-order chi connectivity index (χ0) is 27.4. The van der Waals surface area contributed by atoms with Crippen molar-refractivity contribution in [1.29, 1.82) is 0 Å². The molecule has 4 fully saturated rings. The number of benzene rings is 6. The maximum absolute atomic E-state index is 2.57. The van der Waals surface area contributed by atoms with Crippen LogP contribution < -0.4 is 0 Å². The molecular weight excluding hydrogens is 504 g/mol. The number of hydrogen-bond acceptors (Lipinski definition) is 0. The topological polar surface area (TPSA) is 0 Å². The van der Waals surface area contributed by atoms with Gasteiger partial charge in [-0.05, 0) is 128 Å². The zero-order valence-electron chi connectivity index (χ0n) is 23.9. The van der Waals surface area contributed by atoms with Crippen LogP contribution in [0.3, 0.4) is 0 Å². The van der Waals surface area contributed by atoms with Crippen molar-refractivity contribution in [3.8, 4) is 33.4 Å². The second kappa shape index (κ2) is 8.45. The lowest BCUT2D eigenvalue weighted by Gasteiger charge is -2.61. The van der Waals surface area contributed by atoms with E-state index in [4.69, 9.17) is 0 Å². The van der Waals surface area contributed by atoms with E-state index in [1.807, 2.05) is 0 Å². The third kappa shape index (κ3) is 2.93. The summed E-state index contributed by atoms with van der Waals surface area (Å²) in [6, 6.07) is 46.2. The Bertz CT molecular complexity index is 1960. The van der Waals surface area contributed by atoms with Gasteiger partial charge in [-0.2, -0.15) is 0 Å². The quantitative estimate of drug-likeness (QED) is 0.192. The van der Waals surface area contributed by atoms with Crippen LogP contribution in [0.2, 0.25) is 0 Å². The maximum Gasteiger partial charge on any atom is 0.0271 e. The van der Waals surface area contributed by atoms with Crippen LogP contribution in [0.25, 0.3) is 54.9 Å². The Kier molecular flexibility index (Phi) is 4.71. The third-order valence-electron chi connectivity index (χ3n) is 11.8. The van der Waals surface area contributed by atoms with Crippen LogP contribution in [-0.2, 0) is 5.41 Å². The molecule has 0 aliphatic heterocycles. The summed E-state index contributed by atoms with van der Waals surface area (Å²) < 4.78 is 0. The smallest absolute Gasteiger partial charge is 0.0271 e. The first kappa shape index (κ1) is 23.4. The molecule has 0 amide bonds. The van der Waals surface area contributed by atoms with Crippen LogP contribution in [0, 0.1) is 23.7 Å². The van der Waals surface area contributed by atoms with Crippen molar-refractivity contribution < 1.29 is 0 Å². The van der Waals surface area contributed by atoms with Gasteiger partial charge >= 0.3 is 0 Å². The summed E-state index contributed by atoms with van der Waals surface area (Å²) in [7, 11) is 0. The second-order valence-corrected chi connectivity index (χ2v) is 13.7. The van der Waals surface area contributed by atoms with E-state index in [1.165, 1.54) is 87.0 Å². The molecule has 0 aromatic heterocycles. The lowest BCUT2D eigenvalue weighted by atomic mass is 9.43. The van der Waals surface area contributed by atoms with Crippen LogP contribution in [0.5, 0.6) is 0 Å². The van der Waals surface area contributed by atoms with Crippen molar-refractivity contribution in [3.05, 3.63) is 132 Å². The van der Waals surface area contributed by atoms with E-state index >= 15 is 0 Å². The highest BCUT2D eigenvalue weighted by molar-refractivity contribution is 6.21. The van der Waals surface area contributed by atoms with Gasteiger partial charge in [-0.25, -0.2) is 0 Å². The predicted molar refractivity (Wildman–Crippen MR) is 176 cm³/mol. The van der Waals surface area contributed by atoms with E-state index < -0.39 is 0 Å². The molecule has 0 saturated heterocycles. The molecule has 5 aliphatic rings. The Morgan fingerprint density at radius 3 is 1.52 bits per heavy atom. The molecule has 0 nitrogen and oxygen atoms in total. The number of rotatable bonds is 2. The molecule has 4 bridgehead atoms. The van der Waals surface area contributed by atoms with Gasteiger partial charge < -0.3 is 0 Å². The fourth-order valence-electron chi connectivity index (χ4n) is 10.7. The van der Waals surface area contributed by atoms with Crippen molar-refractivity contribution in [3.63, 3.8) is 0 Å². The minimum Gasteiger partial charge on any atom is -0.0622 e. The Hall–Kier alpha value is -4.16. The van der Waals surface area contributed by atoms with E-state index in [1.54, 1.807) is 11.1 Å². The average molecular weight is 539 g/mol. The molecule has 4 saturated carbocycles. The summed E-state index contributed by atoms with van der Waals surface area (Å²) in [4.78, 5) is 0. The van der Waals surface area contributed by atoms with Gasteiger partial charge in [-0.3, -0.25) is 0 Å². The highest BCUT2D eigenvalue weighted by atomic mass is 14.6. The Labute approximate surface area is 248 Å². The molecule has 1 spiro atoms. The van der Waals surface area contributed by atoms with Crippen LogP contribution in [-0.4, -0.2) is 0 Å². The van der Waals surface area contributed by atoms with E-state index in [0.29, 0.717) is 0 Å². The Morgan fingerprint density at radius 2 is 0.905 bits per heavy atom. The fourth-order valence-corrected chi connectivity index (χ4v) is 10.7. The predicted octanol–water partition coefficient (Wildman–Crippen LogP) is 11.0. The molecule has 0 atom stereocenters. The summed E-state index contributed by atoms with van der Waals surface area (Å²) in [5, 5.41) is 5.34. The van der Waals surface area contributed by atoms with E-state index in [-0.39, 0.29) is 5.41 Å². The summed E-state index contributed by atoms with van der Waals surface area (Å²) in [6.07, 6.45) is 7.21. The molecule has 202 valence electrons. The molecule has 0 heteroatoms. The minimum absolute atomic E-state index is 0.221. The number of fused-ring (bicyclic) bond motifs is 5. The SMILES string of the molecule is c1ccc(-c2c3ccccc3c(-c3ccc4c(c3)-c3ccccc3C43C4CC5CC(C4)CC3C5)c3ccccc23)cc1. The van der Waals surface area contributed by atoms with Crippen molar-refractivity contribution in [2.45, 2.75) is 37.5 Å². The van der Waals surface area contributed by atoms with Gasteiger partial charge in [0.25, 0.3) is 0 Å². The lowest BCUT2D eigenvalue weighted by Crippen LogP contribution is -2.55. The molecule has 6 aromatic rings. The average Bonchev–Trinajstić information content (AvgIpc) is 3.33. The van der Waals surface area contributed by atoms with Gasteiger partial charge in [0.15, 0.2) is 0 Å². The van der Waals surface area contributed by atoms with Crippen LogP contribution >= 0.6 is 0 Å². The molecule has 0 heterocycles. The molecule has 42 heavy (non-hydrogen) atoms. The highest BCUT2D eigenvalue weighted by Gasteiger charge is 2.61. The van der Waals surface area contributed by atoms with E-state index in [2.05, 4.69) is 121 Å². The lowest BCUT2D eigenvalue weighted by molar-refractivity contribution is -0.0399. The summed E-state index contributed by atoms with van der Waals surface area (Å²) in [5.74, 6) is 3.53. The van der Waals surface area contributed by atoms with Gasteiger partial charge in [0.2, 0.25) is 0 Å². The standard InChI is InChI=1S/C42H34/c1-2-10-28(11-3-1)40-33-13-4-6-15-35(33)41(36-16-7-5-14-34(36)40)29-18-19-39-37(25-29)32-12-8-9-17-38(32)42(39)30-21-26-20-27(23-30)24-31(42)22-26/h1-19,25-27,30-31H,20-24H2. The molecule has 0 unspecified atom stereocenters. The van der Waals surface area contributed by atoms with Crippen molar-refractivity contribution in [2.75, 3.05) is 0 Å². The highest BCUT2D eigenvalue weighted by Crippen LogP contribution is 2.69. The van der Waals surface area contributed by atoms with E-state index in [9.17, 15) is 0 Å². The second-order valence-electron chi connectivity index (χ2n) is 13.7. The first-order chi connectivity index (χ1) is 20.8. The van der Waals surface area contributed by atoms with Crippen molar-refractivity contribution in [1.82, 2.24) is 0 Å². The van der Waals surface area contributed by atoms with Gasteiger partial charge in [-0.15, -0.1) is 0 Å². The van der Waals surface area contributed by atoms with Gasteiger partial charge in [0.05, 0.1) is 0 Å². The van der Waals surface area contributed by atoms with E-state index in [0.717, 1.165) is 23.7 Å². The first-order valence-electron chi connectivity index (χ1n) is 16.0. The molecule has 5 aliphatic carbocycles. The Balaban J connectivity index is 1.25. The van der Waals surface area contributed by atoms with Crippen molar-refractivity contribution >= 4 is 21.5 Å². The molecule has 6 aromatic carbocycles. The molecular formula is C42H34. The Morgan fingerprint density at radius 1 is 0.405 bits per heavy atom. The van der Waals surface area contributed by atoms with Crippen molar-refractivity contribution in [2.24, 2.45) is 23.7 Å². The normalized spacial score (nSPS) is 26.7. The number of hydrogen-bond donors (Lipinski definition) is 0. The summed E-state index contributed by atoms with van der Waals surface area (Å²) in [5.41, 5.74) is 11.8. The molecule has 0 N–H and O–H groups in total. The monoisotopic (exact) mass is 538 g/mol. The largest absolute Gasteiger partial charge is 0.0622 e. The first-order valence-corrected chi connectivity index (χ1v) is 16.0. The maximum atomic E-state index is 2.57. The van der Waals surface area contributed by atoms with Crippen LogP contribution in [0.1, 0.15) is 43.2 Å². The van der Waals surface area contributed by atoms with Gasteiger partial charge in [-0.1, -0.05) is 115 Å². The van der Waals surface area contributed by atoms with Gasteiger partial charge in [0, 0.05) is 5.41 Å². The minimum atomic E-state index is 0.221. The fraction of sp³-hybridized carbons (Fsp3) is 0.238. The molecule has 0 radical (unpaired) electrons. The van der Waals surface area contributed by atoms with Crippen LogP contribution in [0.4, 0.5) is 0 Å². The summed E-state index contributed by atoms with van der Waals surface area (Å²) in [6.45, 7) is 0. The van der Waals surface area contributed by atoms with Crippen LogP contribution in [0.15, 0.2) is 121 Å².